The predicted octanol–water partition coefficient (Wildman–Crippen LogP) is 1.55. The summed E-state index contributed by atoms with van der Waals surface area (Å²) in [6.07, 6.45) is 0. The lowest BCUT2D eigenvalue weighted by molar-refractivity contribution is -0.140. The molecule has 0 heterocycles. The summed E-state index contributed by atoms with van der Waals surface area (Å²) in [6, 6.07) is 2.05. The topological polar surface area (TPSA) is 95.9 Å². The summed E-state index contributed by atoms with van der Waals surface area (Å²) in [7, 11) is 1.38. The maximum absolute atomic E-state index is 12.1. The van der Waals surface area contributed by atoms with Gasteiger partial charge in [-0.1, -0.05) is 13.8 Å². The zero-order chi connectivity index (χ0) is 15.4. The minimum atomic E-state index is -1.12. The monoisotopic (exact) mass is 281 g/mol. The van der Waals surface area contributed by atoms with Gasteiger partial charge >= 0.3 is 5.97 Å². The third kappa shape index (κ3) is 3.40. The summed E-state index contributed by atoms with van der Waals surface area (Å²) in [5.41, 5.74) is 0.718. The number of phenolic OH excluding ortho intramolecular Hbond substituents is 1. The molecule has 0 aliphatic heterocycles. The molecule has 6 nitrogen and oxygen atoms in total. The van der Waals surface area contributed by atoms with Gasteiger partial charge in [0.1, 0.15) is 6.04 Å². The van der Waals surface area contributed by atoms with Crippen LogP contribution in [0.4, 0.5) is 0 Å². The summed E-state index contributed by atoms with van der Waals surface area (Å²) in [5.74, 6) is -2.17. The van der Waals surface area contributed by atoms with Crippen LogP contribution in [0.5, 0.6) is 11.5 Å². The van der Waals surface area contributed by atoms with Crippen LogP contribution in [-0.2, 0) is 4.79 Å². The first-order chi connectivity index (χ1) is 9.27. The van der Waals surface area contributed by atoms with E-state index >= 15 is 0 Å². The van der Waals surface area contributed by atoms with Gasteiger partial charge in [0, 0.05) is 0 Å². The number of carbonyl (C=O) groups excluding carboxylic acids is 1. The number of carbonyl (C=O) groups is 2. The molecule has 3 N–H and O–H groups in total. The zero-order valence-electron chi connectivity index (χ0n) is 11.9. The number of hydrogen-bond acceptors (Lipinski definition) is 4. The first-order valence-electron chi connectivity index (χ1n) is 6.19. The van der Waals surface area contributed by atoms with Gasteiger partial charge in [0.05, 0.1) is 12.7 Å². The van der Waals surface area contributed by atoms with Gasteiger partial charge in [-0.2, -0.15) is 0 Å². The lowest BCUT2D eigenvalue weighted by Crippen LogP contribution is -2.44. The molecule has 110 valence electrons. The molecule has 1 amide bonds. The number of hydrogen-bond donors (Lipinski definition) is 3. The van der Waals surface area contributed by atoms with Crippen LogP contribution < -0.4 is 10.1 Å². The molecule has 0 saturated heterocycles. The molecule has 0 unspecified atom stereocenters. The van der Waals surface area contributed by atoms with Crippen LogP contribution in [-0.4, -0.2) is 35.2 Å². The largest absolute Gasteiger partial charge is 0.504 e. The van der Waals surface area contributed by atoms with Crippen LogP contribution in [0.15, 0.2) is 12.1 Å². The summed E-state index contributed by atoms with van der Waals surface area (Å²) in [4.78, 5) is 23.2. The van der Waals surface area contributed by atoms with E-state index < -0.39 is 17.9 Å². The highest BCUT2D eigenvalue weighted by atomic mass is 16.5. The number of ether oxygens (including phenoxy) is 1. The number of aryl methyl sites for hydroxylation is 1. The standard InChI is InChI=1S/C14H19NO5/c1-7(2)11(14(18)19)15-13(17)9-5-8(3)6-10(20-4)12(9)16/h5-7,11,16H,1-4H3,(H,15,17)(H,18,19)/t11-/m0/s1. The second-order valence-electron chi connectivity index (χ2n) is 4.90. The summed E-state index contributed by atoms with van der Waals surface area (Å²) < 4.78 is 4.97. The van der Waals surface area contributed by atoms with E-state index in [9.17, 15) is 14.7 Å². The number of aliphatic carboxylic acids is 1. The summed E-state index contributed by atoms with van der Waals surface area (Å²) >= 11 is 0. The van der Waals surface area contributed by atoms with Crippen molar-refractivity contribution in [3.05, 3.63) is 23.3 Å². The molecular formula is C14H19NO5. The fourth-order valence-electron chi connectivity index (χ4n) is 1.81. The molecule has 0 spiro atoms. The van der Waals surface area contributed by atoms with E-state index in [-0.39, 0.29) is 23.0 Å². The maximum atomic E-state index is 12.1. The Balaban J connectivity index is 3.09. The highest BCUT2D eigenvalue weighted by molar-refractivity contribution is 5.99. The van der Waals surface area contributed by atoms with Crippen molar-refractivity contribution in [1.82, 2.24) is 5.32 Å². The van der Waals surface area contributed by atoms with Crippen molar-refractivity contribution in [2.75, 3.05) is 7.11 Å². The van der Waals surface area contributed by atoms with Crippen molar-refractivity contribution < 1.29 is 24.5 Å². The van der Waals surface area contributed by atoms with Crippen molar-refractivity contribution in [1.29, 1.82) is 0 Å². The Kier molecular flexibility index (Phi) is 4.96. The van der Waals surface area contributed by atoms with Gasteiger partial charge in [0.15, 0.2) is 11.5 Å². The van der Waals surface area contributed by atoms with E-state index in [4.69, 9.17) is 9.84 Å². The lowest BCUT2D eigenvalue weighted by atomic mass is 10.0. The number of carboxylic acids is 1. The normalized spacial score (nSPS) is 12.1. The Morgan fingerprint density at radius 3 is 2.35 bits per heavy atom. The number of methoxy groups -OCH3 is 1. The highest BCUT2D eigenvalue weighted by Gasteiger charge is 2.26. The highest BCUT2D eigenvalue weighted by Crippen LogP contribution is 2.31. The van der Waals surface area contributed by atoms with Crippen molar-refractivity contribution in [3.8, 4) is 11.5 Å². The van der Waals surface area contributed by atoms with Crippen LogP contribution in [0, 0.1) is 12.8 Å². The van der Waals surface area contributed by atoms with Gasteiger partial charge in [-0.15, -0.1) is 0 Å². The molecule has 0 aliphatic rings. The minimum Gasteiger partial charge on any atom is -0.504 e. The first kappa shape index (κ1) is 15.8. The molecule has 0 aromatic heterocycles. The van der Waals surface area contributed by atoms with Crippen molar-refractivity contribution in [2.24, 2.45) is 5.92 Å². The third-order valence-electron chi connectivity index (χ3n) is 2.90. The second kappa shape index (κ2) is 6.27. The van der Waals surface area contributed by atoms with Gasteiger partial charge in [-0.3, -0.25) is 4.79 Å². The smallest absolute Gasteiger partial charge is 0.326 e. The number of aromatic hydroxyl groups is 1. The quantitative estimate of drug-likeness (QED) is 0.761. The Morgan fingerprint density at radius 1 is 1.30 bits per heavy atom. The zero-order valence-corrected chi connectivity index (χ0v) is 11.9. The van der Waals surface area contributed by atoms with Gasteiger partial charge < -0.3 is 20.3 Å². The van der Waals surface area contributed by atoms with E-state index in [1.54, 1.807) is 26.8 Å². The van der Waals surface area contributed by atoms with E-state index in [1.165, 1.54) is 13.2 Å². The molecule has 1 rings (SSSR count). The molecule has 1 aromatic rings. The number of carboxylic acid groups (broad SMARTS) is 1. The second-order valence-corrected chi connectivity index (χ2v) is 4.90. The van der Waals surface area contributed by atoms with Crippen LogP contribution >= 0.6 is 0 Å². The predicted molar refractivity (Wildman–Crippen MR) is 73.1 cm³/mol. The van der Waals surface area contributed by atoms with E-state index in [0.29, 0.717) is 0 Å². The average Bonchev–Trinajstić information content (AvgIpc) is 2.36. The number of amides is 1. The Hall–Kier alpha value is -2.24. The molecule has 0 saturated carbocycles. The van der Waals surface area contributed by atoms with Crippen LogP contribution in [0.1, 0.15) is 29.8 Å². The molecule has 20 heavy (non-hydrogen) atoms. The maximum Gasteiger partial charge on any atom is 0.326 e. The van der Waals surface area contributed by atoms with Gasteiger partial charge in [-0.05, 0) is 30.5 Å². The Morgan fingerprint density at radius 2 is 1.90 bits per heavy atom. The molecule has 0 radical (unpaired) electrons. The lowest BCUT2D eigenvalue weighted by Gasteiger charge is -2.18. The van der Waals surface area contributed by atoms with Gasteiger partial charge in [0.2, 0.25) is 0 Å². The first-order valence-corrected chi connectivity index (χ1v) is 6.19. The van der Waals surface area contributed by atoms with Gasteiger partial charge in [0.25, 0.3) is 5.91 Å². The van der Waals surface area contributed by atoms with Gasteiger partial charge in [-0.25, -0.2) is 4.79 Å². The molecule has 0 bridgehead atoms. The number of phenols is 1. The fraction of sp³-hybridized carbons (Fsp3) is 0.429. The molecule has 0 fully saturated rings. The third-order valence-corrected chi connectivity index (χ3v) is 2.90. The van der Waals surface area contributed by atoms with Crippen LogP contribution in [0.25, 0.3) is 0 Å². The number of nitrogens with one attached hydrogen (secondary N) is 1. The number of benzene rings is 1. The Bertz CT molecular complexity index is 525. The van der Waals surface area contributed by atoms with E-state index in [2.05, 4.69) is 5.32 Å². The van der Waals surface area contributed by atoms with Crippen molar-refractivity contribution >= 4 is 11.9 Å². The molecule has 1 aromatic carbocycles. The summed E-state index contributed by atoms with van der Waals surface area (Å²) in [6.45, 7) is 5.13. The van der Waals surface area contributed by atoms with E-state index in [1.807, 2.05) is 0 Å². The minimum absolute atomic E-state index is 0.00579. The van der Waals surface area contributed by atoms with Crippen LogP contribution in [0.3, 0.4) is 0 Å². The average molecular weight is 281 g/mol. The Labute approximate surface area is 117 Å². The molecule has 6 heteroatoms. The van der Waals surface area contributed by atoms with Crippen molar-refractivity contribution in [3.63, 3.8) is 0 Å². The van der Waals surface area contributed by atoms with E-state index in [0.717, 1.165) is 5.56 Å². The summed E-state index contributed by atoms with van der Waals surface area (Å²) in [5, 5.41) is 21.4. The SMILES string of the molecule is COc1cc(C)cc(C(=O)N[C@H](C(=O)O)C(C)C)c1O. The fourth-order valence-corrected chi connectivity index (χ4v) is 1.81. The molecular weight excluding hydrogens is 262 g/mol. The number of rotatable bonds is 5. The van der Waals surface area contributed by atoms with Crippen molar-refractivity contribution in [2.45, 2.75) is 26.8 Å². The molecule has 1 atom stereocenters. The van der Waals surface area contributed by atoms with Crippen LogP contribution in [0.2, 0.25) is 0 Å². The molecule has 0 aliphatic carbocycles.